The summed E-state index contributed by atoms with van der Waals surface area (Å²) in [5.74, 6) is 0.392. The molecule has 4 heterocycles. The molecule has 2 saturated heterocycles. The number of halogens is 1. The first-order valence-corrected chi connectivity index (χ1v) is 13.2. The summed E-state index contributed by atoms with van der Waals surface area (Å²) in [6.07, 6.45) is 2.03. The lowest BCUT2D eigenvalue weighted by atomic mass is 9.99. The van der Waals surface area contributed by atoms with E-state index in [1.165, 1.54) is 6.07 Å². The highest BCUT2D eigenvalue weighted by Gasteiger charge is 2.34. The number of benzene rings is 2. The molecule has 0 spiro atoms. The second-order valence-electron chi connectivity index (χ2n) is 10.3. The van der Waals surface area contributed by atoms with E-state index in [-0.39, 0.29) is 17.5 Å². The molecule has 198 valence electrons. The number of H-pyrrole nitrogens is 1. The molecule has 4 aromatic rings. The van der Waals surface area contributed by atoms with Gasteiger partial charge in [-0.1, -0.05) is 24.3 Å². The fourth-order valence-electron chi connectivity index (χ4n) is 5.69. The normalized spacial score (nSPS) is 19.3. The molecule has 2 aromatic carbocycles. The van der Waals surface area contributed by atoms with Crippen molar-refractivity contribution < 1.29 is 9.13 Å². The fourth-order valence-corrected chi connectivity index (χ4v) is 5.69. The number of ether oxygens (including phenoxy) is 1. The number of aromatic amines is 1. The molecule has 0 bridgehead atoms. The minimum Gasteiger partial charge on any atom is -0.376 e. The quantitative estimate of drug-likeness (QED) is 0.419. The molecule has 2 aromatic heterocycles. The molecule has 1 N–H and O–H groups in total. The molecule has 38 heavy (non-hydrogen) atoms. The topological polar surface area (TPSA) is 92.2 Å². The monoisotopic (exact) mass is 517 g/mol. The number of fused-ring (bicyclic) bond motifs is 1. The molecule has 0 aliphatic carbocycles. The van der Waals surface area contributed by atoms with Crippen LogP contribution in [0, 0.1) is 19.7 Å². The van der Waals surface area contributed by atoms with Crippen LogP contribution in [-0.2, 0) is 11.3 Å². The van der Waals surface area contributed by atoms with Crippen molar-refractivity contribution in [3.05, 3.63) is 81.2 Å². The van der Waals surface area contributed by atoms with Gasteiger partial charge in [-0.3, -0.25) is 9.69 Å². The molecule has 0 unspecified atom stereocenters. The van der Waals surface area contributed by atoms with Crippen molar-refractivity contribution >= 4 is 16.6 Å². The van der Waals surface area contributed by atoms with E-state index in [9.17, 15) is 9.18 Å². The molecule has 2 fully saturated rings. The number of piperazine rings is 1. The van der Waals surface area contributed by atoms with Gasteiger partial charge < -0.3 is 14.6 Å². The van der Waals surface area contributed by atoms with E-state index in [1.807, 2.05) is 38.1 Å². The first kappa shape index (κ1) is 24.7. The molecule has 0 amide bonds. The van der Waals surface area contributed by atoms with Crippen molar-refractivity contribution in [3.8, 4) is 0 Å². The summed E-state index contributed by atoms with van der Waals surface area (Å²) in [6, 6.07) is 12.5. The number of aromatic nitrogens is 5. The van der Waals surface area contributed by atoms with Crippen molar-refractivity contribution in [3.63, 3.8) is 0 Å². The van der Waals surface area contributed by atoms with E-state index in [1.54, 1.807) is 10.7 Å². The van der Waals surface area contributed by atoms with Crippen molar-refractivity contribution in [1.82, 2.24) is 30.1 Å². The third-order valence-corrected chi connectivity index (χ3v) is 7.95. The SMILES string of the molecule is Cc1ccc2cc([C@@H](c3nnnn3C[C@H]3CCCO3)N3CCN(c4ccccc4F)CC3)c(=O)[nH]c2c1C. The van der Waals surface area contributed by atoms with Gasteiger partial charge in [-0.2, -0.15) is 0 Å². The number of tetrazole rings is 1. The van der Waals surface area contributed by atoms with Crippen LogP contribution in [0.25, 0.3) is 10.9 Å². The molecule has 0 saturated carbocycles. The largest absolute Gasteiger partial charge is 0.376 e. The maximum Gasteiger partial charge on any atom is 0.253 e. The zero-order valence-electron chi connectivity index (χ0n) is 21.7. The molecule has 2 aliphatic heterocycles. The van der Waals surface area contributed by atoms with Gasteiger partial charge in [-0.25, -0.2) is 9.07 Å². The first-order valence-electron chi connectivity index (χ1n) is 13.2. The van der Waals surface area contributed by atoms with Crippen molar-refractivity contribution in [2.24, 2.45) is 0 Å². The number of pyridine rings is 1. The lowest BCUT2D eigenvalue weighted by Gasteiger charge is -2.39. The summed E-state index contributed by atoms with van der Waals surface area (Å²) in [7, 11) is 0. The second-order valence-corrected chi connectivity index (χ2v) is 10.3. The second kappa shape index (κ2) is 10.3. The van der Waals surface area contributed by atoms with E-state index >= 15 is 0 Å². The Hall–Kier alpha value is -3.63. The Morgan fingerprint density at radius 2 is 1.95 bits per heavy atom. The Balaban J connectivity index is 1.38. The van der Waals surface area contributed by atoms with Gasteiger partial charge in [-0.05, 0) is 71.8 Å². The fraction of sp³-hybridized carbons (Fsp3) is 0.429. The van der Waals surface area contributed by atoms with E-state index < -0.39 is 6.04 Å². The van der Waals surface area contributed by atoms with Gasteiger partial charge in [0.15, 0.2) is 5.82 Å². The lowest BCUT2D eigenvalue weighted by molar-refractivity contribution is 0.0906. The molecule has 2 atom stereocenters. The number of hydrogen-bond acceptors (Lipinski definition) is 7. The summed E-state index contributed by atoms with van der Waals surface area (Å²) in [6.45, 7) is 7.83. The maximum absolute atomic E-state index is 14.5. The highest BCUT2D eigenvalue weighted by atomic mass is 19.1. The van der Waals surface area contributed by atoms with Gasteiger partial charge in [0.05, 0.1) is 23.9 Å². The predicted molar refractivity (Wildman–Crippen MR) is 143 cm³/mol. The van der Waals surface area contributed by atoms with Crippen LogP contribution in [0.3, 0.4) is 0 Å². The maximum atomic E-state index is 14.5. The highest BCUT2D eigenvalue weighted by molar-refractivity contribution is 5.83. The Kier molecular flexibility index (Phi) is 6.67. The zero-order valence-corrected chi connectivity index (χ0v) is 21.7. The number of nitrogens with one attached hydrogen (secondary N) is 1. The number of hydrogen-bond donors (Lipinski definition) is 1. The Bertz CT molecular complexity index is 1500. The molecule has 6 rings (SSSR count). The minimum atomic E-state index is -0.455. The van der Waals surface area contributed by atoms with Crippen LogP contribution < -0.4 is 10.5 Å². The number of aryl methyl sites for hydroxylation is 2. The molecule has 2 aliphatic rings. The van der Waals surface area contributed by atoms with E-state index in [0.29, 0.717) is 49.8 Å². The number of anilines is 1. The summed E-state index contributed by atoms with van der Waals surface area (Å²) < 4.78 is 22.1. The van der Waals surface area contributed by atoms with E-state index in [4.69, 9.17) is 4.74 Å². The van der Waals surface area contributed by atoms with Gasteiger partial charge in [-0.15, -0.1) is 5.10 Å². The molecule has 0 radical (unpaired) electrons. The lowest BCUT2D eigenvalue weighted by Crippen LogP contribution is -2.49. The Morgan fingerprint density at radius 3 is 2.71 bits per heavy atom. The van der Waals surface area contributed by atoms with Crippen LogP contribution in [0.4, 0.5) is 10.1 Å². The third kappa shape index (κ3) is 4.58. The number of nitrogens with zero attached hydrogens (tertiary/aromatic N) is 6. The predicted octanol–water partition coefficient (Wildman–Crippen LogP) is 3.36. The zero-order chi connectivity index (χ0) is 26.2. The average molecular weight is 518 g/mol. The standard InChI is InChI=1S/C28H32FN7O2/c1-18-9-10-20-16-22(28(37)30-25(20)19(18)2)26(27-31-32-33-36(27)17-21-6-5-15-38-21)35-13-11-34(12-14-35)24-8-4-3-7-23(24)29/h3-4,7-10,16,21,26H,5-6,11-15,17H2,1-2H3,(H,30,37)/t21-,26+/m1/s1. The van der Waals surface area contributed by atoms with Gasteiger partial charge in [0.1, 0.15) is 11.9 Å². The van der Waals surface area contributed by atoms with Gasteiger partial charge in [0.2, 0.25) is 0 Å². The van der Waals surface area contributed by atoms with Crippen molar-refractivity contribution in [2.45, 2.75) is 45.4 Å². The highest BCUT2D eigenvalue weighted by Crippen LogP contribution is 2.30. The summed E-state index contributed by atoms with van der Waals surface area (Å²) in [5.41, 5.74) is 4.08. The van der Waals surface area contributed by atoms with Gasteiger partial charge in [0, 0.05) is 38.3 Å². The van der Waals surface area contributed by atoms with Gasteiger partial charge in [0.25, 0.3) is 5.56 Å². The summed E-state index contributed by atoms with van der Waals surface area (Å²) in [4.78, 5) is 21.0. The minimum absolute atomic E-state index is 0.0521. The Morgan fingerprint density at radius 1 is 1.13 bits per heavy atom. The molecule has 10 heteroatoms. The van der Waals surface area contributed by atoms with Crippen LogP contribution in [0.5, 0.6) is 0 Å². The van der Waals surface area contributed by atoms with Crippen LogP contribution >= 0.6 is 0 Å². The first-order chi connectivity index (χ1) is 18.5. The summed E-state index contributed by atoms with van der Waals surface area (Å²) >= 11 is 0. The number of para-hydroxylation sites is 1. The number of rotatable bonds is 6. The van der Waals surface area contributed by atoms with Crippen LogP contribution in [0.2, 0.25) is 0 Å². The molecular formula is C28H32FN7O2. The molecular weight excluding hydrogens is 485 g/mol. The Labute approximate surface area is 220 Å². The average Bonchev–Trinajstić information content (AvgIpc) is 3.61. The van der Waals surface area contributed by atoms with E-state index in [2.05, 4.69) is 36.4 Å². The third-order valence-electron chi connectivity index (χ3n) is 7.95. The smallest absolute Gasteiger partial charge is 0.253 e. The van der Waals surface area contributed by atoms with Crippen molar-refractivity contribution in [1.29, 1.82) is 0 Å². The van der Waals surface area contributed by atoms with Gasteiger partial charge >= 0.3 is 0 Å². The van der Waals surface area contributed by atoms with Crippen LogP contribution in [-0.4, -0.2) is 69.0 Å². The molecule has 9 nitrogen and oxygen atoms in total. The van der Waals surface area contributed by atoms with E-state index in [0.717, 1.165) is 41.5 Å². The van der Waals surface area contributed by atoms with Crippen molar-refractivity contribution in [2.75, 3.05) is 37.7 Å². The van der Waals surface area contributed by atoms with Crippen LogP contribution in [0.15, 0.2) is 47.3 Å². The summed E-state index contributed by atoms with van der Waals surface area (Å²) in [5, 5.41) is 13.7. The van der Waals surface area contributed by atoms with Crippen LogP contribution in [0.1, 0.15) is 41.4 Å².